The van der Waals surface area contributed by atoms with Gasteiger partial charge < -0.3 is 4.74 Å². The van der Waals surface area contributed by atoms with E-state index in [4.69, 9.17) is 4.74 Å². The Balaban J connectivity index is 2.37. The SMILES string of the molecule is CCOC(=O)c1nn(C(F)(F)F)cc1Cc1ccccc1. The van der Waals surface area contributed by atoms with E-state index in [9.17, 15) is 18.0 Å². The highest BCUT2D eigenvalue weighted by atomic mass is 19.4. The molecule has 0 saturated carbocycles. The van der Waals surface area contributed by atoms with Crippen molar-refractivity contribution in [1.82, 2.24) is 9.78 Å². The first kappa shape index (κ1) is 15.1. The molecule has 0 amide bonds. The average molecular weight is 298 g/mol. The van der Waals surface area contributed by atoms with Crippen LogP contribution >= 0.6 is 0 Å². The average Bonchev–Trinajstić information content (AvgIpc) is 2.84. The molecule has 0 saturated heterocycles. The van der Waals surface area contributed by atoms with Gasteiger partial charge in [-0.2, -0.15) is 9.78 Å². The normalized spacial score (nSPS) is 11.4. The summed E-state index contributed by atoms with van der Waals surface area (Å²) in [6, 6.07) is 8.87. The van der Waals surface area contributed by atoms with Crippen LogP contribution in [0, 0.1) is 0 Å². The zero-order chi connectivity index (χ0) is 15.5. The van der Waals surface area contributed by atoms with Gasteiger partial charge in [0.1, 0.15) is 0 Å². The quantitative estimate of drug-likeness (QED) is 0.815. The van der Waals surface area contributed by atoms with E-state index in [-0.39, 0.29) is 29.0 Å². The van der Waals surface area contributed by atoms with Gasteiger partial charge in [-0.15, -0.1) is 13.2 Å². The van der Waals surface area contributed by atoms with Gasteiger partial charge in [-0.25, -0.2) is 4.79 Å². The largest absolute Gasteiger partial charge is 0.504 e. The first-order chi connectivity index (χ1) is 9.91. The Morgan fingerprint density at radius 2 is 1.95 bits per heavy atom. The predicted molar refractivity (Wildman–Crippen MR) is 68.7 cm³/mol. The summed E-state index contributed by atoms with van der Waals surface area (Å²) >= 11 is 0. The molecule has 0 N–H and O–H groups in total. The van der Waals surface area contributed by atoms with Crippen LogP contribution in [-0.2, 0) is 17.5 Å². The molecule has 21 heavy (non-hydrogen) atoms. The molecule has 4 nitrogen and oxygen atoms in total. The molecule has 1 aromatic carbocycles. The zero-order valence-electron chi connectivity index (χ0n) is 11.2. The fourth-order valence-corrected chi connectivity index (χ4v) is 1.86. The number of carbonyl (C=O) groups is 1. The van der Waals surface area contributed by atoms with Crippen molar-refractivity contribution in [2.75, 3.05) is 6.61 Å². The summed E-state index contributed by atoms with van der Waals surface area (Å²) in [6.45, 7) is 1.65. The molecule has 0 spiro atoms. The van der Waals surface area contributed by atoms with E-state index in [0.29, 0.717) is 0 Å². The summed E-state index contributed by atoms with van der Waals surface area (Å²) in [5.74, 6) is -0.855. The Hall–Kier alpha value is -2.31. The molecule has 0 aliphatic carbocycles. The Labute approximate surface area is 119 Å². The number of aromatic nitrogens is 2. The van der Waals surface area contributed by atoms with Crippen LogP contribution in [0.25, 0.3) is 0 Å². The molecule has 2 aromatic rings. The van der Waals surface area contributed by atoms with Gasteiger partial charge in [0.15, 0.2) is 5.69 Å². The van der Waals surface area contributed by atoms with Crippen molar-refractivity contribution in [3.8, 4) is 0 Å². The minimum atomic E-state index is -4.67. The van der Waals surface area contributed by atoms with E-state index in [1.807, 2.05) is 0 Å². The van der Waals surface area contributed by atoms with Crippen molar-refractivity contribution in [2.45, 2.75) is 19.6 Å². The second-order valence-corrected chi connectivity index (χ2v) is 4.30. The van der Waals surface area contributed by atoms with E-state index in [2.05, 4.69) is 5.10 Å². The summed E-state index contributed by atoms with van der Waals surface area (Å²) in [6.07, 6.45) is -3.68. The number of nitrogens with zero attached hydrogens (tertiary/aromatic N) is 2. The van der Waals surface area contributed by atoms with E-state index < -0.39 is 12.3 Å². The number of benzene rings is 1. The summed E-state index contributed by atoms with van der Waals surface area (Å²) in [5, 5.41) is 3.31. The van der Waals surface area contributed by atoms with Crippen LogP contribution < -0.4 is 0 Å². The van der Waals surface area contributed by atoms with Crippen LogP contribution in [0.2, 0.25) is 0 Å². The highest BCUT2D eigenvalue weighted by Gasteiger charge is 2.34. The molecule has 112 valence electrons. The number of alkyl halides is 3. The molecule has 7 heteroatoms. The lowest BCUT2D eigenvalue weighted by Crippen LogP contribution is -2.18. The van der Waals surface area contributed by atoms with Crippen LogP contribution in [-0.4, -0.2) is 22.4 Å². The third kappa shape index (κ3) is 3.62. The smallest absolute Gasteiger partial charge is 0.461 e. The standard InChI is InChI=1S/C14H13F3N2O2/c1-2-21-13(20)12-11(8-10-6-4-3-5-7-10)9-19(18-12)14(15,16)17/h3-7,9H,2,8H2,1H3. The number of esters is 1. The fraction of sp³-hybridized carbons (Fsp3) is 0.286. The number of halogens is 3. The Morgan fingerprint density at radius 3 is 2.52 bits per heavy atom. The Kier molecular flexibility index (Phi) is 4.30. The van der Waals surface area contributed by atoms with Crippen molar-refractivity contribution in [1.29, 1.82) is 0 Å². The highest BCUT2D eigenvalue weighted by molar-refractivity contribution is 5.88. The second kappa shape index (κ2) is 5.99. The van der Waals surface area contributed by atoms with Gasteiger partial charge in [0.05, 0.1) is 6.61 Å². The van der Waals surface area contributed by atoms with Crippen LogP contribution in [0.15, 0.2) is 36.5 Å². The zero-order valence-corrected chi connectivity index (χ0v) is 11.2. The molecular weight excluding hydrogens is 285 g/mol. The summed E-state index contributed by atoms with van der Waals surface area (Å²) in [7, 11) is 0. The third-order valence-corrected chi connectivity index (χ3v) is 2.76. The maximum Gasteiger partial charge on any atom is 0.504 e. The molecule has 0 atom stereocenters. The van der Waals surface area contributed by atoms with Crippen LogP contribution in [0.1, 0.15) is 28.5 Å². The Bertz CT molecular complexity index is 621. The monoisotopic (exact) mass is 298 g/mol. The van der Waals surface area contributed by atoms with E-state index in [0.717, 1.165) is 11.8 Å². The minimum Gasteiger partial charge on any atom is -0.461 e. The molecule has 0 unspecified atom stereocenters. The number of hydrogen-bond acceptors (Lipinski definition) is 3. The minimum absolute atomic E-state index is 0.0719. The van der Waals surface area contributed by atoms with Gasteiger partial charge in [-0.3, -0.25) is 0 Å². The van der Waals surface area contributed by atoms with Crippen molar-refractivity contribution in [2.24, 2.45) is 0 Å². The van der Waals surface area contributed by atoms with Crippen LogP contribution in [0.4, 0.5) is 13.2 Å². The van der Waals surface area contributed by atoms with Crippen molar-refractivity contribution >= 4 is 5.97 Å². The molecule has 0 fully saturated rings. The summed E-state index contributed by atoms with van der Waals surface area (Å²) in [4.78, 5) is 11.7. The lowest BCUT2D eigenvalue weighted by atomic mass is 10.1. The maximum atomic E-state index is 12.7. The van der Waals surface area contributed by atoms with Gasteiger partial charge in [-0.1, -0.05) is 30.3 Å². The van der Waals surface area contributed by atoms with Crippen LogP contribution in [0.3, 0.4) is 0 Å². The van der Waals surface area contributed by atoms with Gasteiger partial charge in [0.2, 0.25) is 0 Å². The fourth-order valence-electron chi connectivity index (χ4n) is 1.86. The highest BCUT2D eigenvalue weighted by Crippen LogP contribution is 2.24. The molecule has 1 heterocycles. The lowest BCUT2D eigenvalue weighted by Gasteiger charge is -2.04. The van der Waals surface area contributed by atoms with Crippen molar-refractivity contribution < 1.29 is 22.7 Å². The topological polar surface area (TPSA) is 44.1 Å². The van der Waals surface area contributed by atoms with Gasteiger partial charge in [0, 0.05) is 18.2 Å². The third-order valence-electron chi connectivity index (χ3n) is 2.76. The van der Waals surface area contributed by atoms with Crippen LogP contribution in [0.5, 0.6) is 0 Å². The van der Waals surface area contributed by atoms with Crippen molar-refractivity contribution in [3.05, 3.63) is 53.3 Å². The molecule has 2 rings (SSSR count). The number of ether oxygens (including phenoxy) is 1. The second-order valence-electron chi connectivity index (χ2n) is 4.30. The molecular formula is C14H13F3N2O2. The van der Waals surface area contributed by atoms with E-state index >= 15 is 0 Å². The first-order valence-electron chi connectivity index (χ1n) is 6.28. The number of hydrogen-bond donors (Lipinski definition) is 0. The van der Waals surface area contributed by atoms with Gasteiger partial charge in [-0.05, 0) is 12.5 Å². The van der Waals surface area contributed by atoms with Gasteiger partial charge >= 0.3 is 12.3 Å². The molecule has 0 bridgehead atoms. The number of rotatable bonds is 4. The van der Waals surface area contributed by atoms with E-state index in [1.165, 1.54) is 0 Å². The maximum absolute atomic E-state index is 12.7. The first-order valence-corrected chi connectivity index (χ1v) is 6.28. The number of carbonyl (C=O) groups excluding carboxylic acids is 1. The summed E-state index contributed by atoms with van der Waals surface area (Å²) < 4.78 is 42.7. The molecule has 0 radical (unpaired) electrons. The molecule has 1 aromatic heterocycles. The predicted octanol–water partition coefficient (Wildman–Crippen LogP) is 3.13. The summed E-state index contributed by atoms with van der Waals surface area (Å²) in [5.41, 5.74) is 0.653. The lowest BCUT2D eigenvalue weighted by molar-refractivity contribution is -0.212. The van der Waals surface area contributed by atoms with Crippen molar-refractivity contribution in [3.63, 3.8) is 0 Å². The van der Waals surface area contributed by atoms with E-state index in [1.54, 1.807) is 37.3 Å². The molecule has 0 aliphatic rings. The Morgan fingerprint density at radius 1 is 1.29 bits per heavy atom. The molecule has 0 aliphatic heterocycles. The van der Waals surface area contributed by atoms with Gasteiger partial charge in [0.25, 0.3) is 0 Å².